The van der Waals surface area contributed by atoms with Crippen LogP contribution in [0.25, 0.3) is 47.9 Å². The molecule has 0 N–H and O–H groups in total. The second-order valence-electron chi connectivity index (χ2n) is 8.20. The molecule has 0 aromatic heterocycles. The van der Waals surface area contributed by atoms with Gasteiger partial charge in [-0.25, -0.2) is 14.5 Å². The van der Waals surface area contributed by atoms with Gasteiger partial charge in [0.1, 0.15) is 0 Å². The molecule has 0 radical (unpaired) electrons. The molecule has 0 fully saturated rings. The lowest BCUT2D eigenvalue weighted by Crippen LogP contribution is -1.89. The summed E-state index contributed by atoms with van der Waals surface area (Å²) < 4.78 is 0. The maximum absolute atomic E-state index is 7.67. The zero-order valence-corrected chi connectivity index (χ0v) is 18.8. The number of hydrogen-bond donors (Lipinski definition) is 0. The van der Waals surface area contributed by atoms with Crippen LogP contribution < -0.4 is 0 Å². The van der Waals surface area contributed by atoms with Crippen molar-refractivity contribution in [1.82, 2.24) is 0 Å². The second-order valence-corrected chi connectivity index (χ2v) is 8.20. The summed E-state index contributed by atoms with van der Waals surface area (Å²) in [6, 6.07) is 23.6. The summed E-state index contributed by atoms with van der Waals surface area (Å²) in [5.41, 5.74) is 10.2. The van der Waals surface area contributed by atoms with Crippen molar-refractivity contribution < 1.29 is 0 Å². The minimum Gasteiger partial charge on any atom is -0.238 e. The predicted molar refractivity (Wildman–Crippen MR) is 136 cm³/mol. The van der Waals surface area contributed by atoms with E-state index < -0.39 is 0 Å². The summed E-state index contributed by atoms with van der Waals surface area (Å²) in [6.07, 6.45) is 0. The van der Waals surface area contributed by atoms with Crippen molar-refractivity contribution in [3.63, 3.8) is 0 Å². The molecule has 0 saturated carbocycles. The average Bonchev–Trinajstić information content (AvgIpc) is 2.83. The van der Waals surface area contributed by atoms with Gasteiger partial charge < -0.3 is 0 Å². The summed E-state index contributed by atoms with van der Waals surface area (Å²) in [4.78, 5) is 11.2. The highest BCUT2D eigenvalue weighted by Crippen LogP contribution is 2.42. The standard InChI is InChI=1S/C30H21N3/c1-19-7-10-28(31-4)25(13-19)22-16-23(26-14-20(2)8-11-29(26)32-5)18-24(17-22)27-15-21(3)9-12-30(27)33-6/h7-18H,1-3H3. The summed E-state index contributed by atoms with van der Waals surface area (Å²) in [7, 11) is 0. The van der Waals surface area contributed by atoms with Gasteiger partial charge in [0.15, 0.2) is 17.1 Å². The SMILES string of the molecule is [C-]#[N+]c1ccc(C)cc1-c1cc(-c2cc(C)ccc2[N+]#[C-])cc(-c2cc(C)ccc2[N+]#[C-])c1. The number of benzene rings is 4. The molecule has 0 saturated heterocycles. The third-order valence-electron chi connectivity index (χ3n) is 5.68. The van der Waals surface area contributed by atoms with Gasteiger partial charge in [-0.05, 0) is 72.4 Å². The lowest BCUT2D eigenvalue weighted by atomic mass is 9.90. The van der Waals surface area contributed by atoms with E-state index in [0.29, 0.717) is 17.1 Å². The summed E-state index contributed by atoms with van der Waals surface area (Å²) >= 11 is 0. The zero-order chi connectivity index (χ0) is 23.5. The van der Waals surface area contributed by atoms with E-state index in [1.54, 1.807) is 0 Å². The monoisotopic (exact) mass is 423 g/mol. The molecule has 0 aliphatic heterocycles. The lowest BCUT2D eigenvalue weighted by Gasteiger charge is -2.15. The fraction of sp³-hybridized carbons (Fsp3) is 0.100. The summed E-state index contributed by atoms with van der Waals surface area (Å²) in [5, 5.41) is 0. The van der Waals surface area contributed by atoms with Crippen molar-refractivity contribution in [3.8, 4) is 33.4 Å². The van der Waals surface area contributed by atoms with Gasteiger partial charge in [0.25, 0.3) is 0 Å². The molecule has 3 heteroatoms. The third kappa shape index (κ3) is 4.24. The van der Waals surface area contributed by atoms with Crippen molar-refractivity contribution in [1.29, 1.82) is 0 Å². The van der Waals surface area contributed by atoms with Gasteiger partial charge in [0.2, 0.25) is 0 Å². The van der Waals surface area contributed by atoms with Crippen LogP contribution in [0.4, 0.5) is 17.1 Å². The fourth-order valence-corrected chi connectivity index (χ4v) is 4.03. The zero-order valence-electron chi connectivity index (χ0n) is 18.8. The van der Waals surface area contributed by atoms with E-state index in [2.05, 4.69) is 14.5 Å². The highest BCUT2D eigenvalue weighted by molar-refractivity contribution is 5.91. The van der Waals surface area contributed by atoms with Crippen LogP contribution >= 0.6 is 0 Å². The van der Waals surface area contributed by atoms with Crippen LogP contribution in [0.15, 0.2) is 72.8 Å². The van der Waals surface area contributed by atoms with Crippen molar-refractivity contribution in [2.75, 3.05) is 0 Å². The van der Waals surface area contributed by atoms with Crippen LogP contribution in [0.1, 0.15) is 16.7 Å². The Morgan fingerprint density at radius 3 is 0.939 bits per heavy atom. The normalized spacial score (nSPS) is 10.2. The lowest BCUT2D eigenvalue weighted by molar-refractivity contribution is 1.45. The van der Waals surface area contributed by atoms with Crippen LogP contribution in [0, 0.1) is 40.5 Å². The van der Waals surface area contributed by atoms with Gasteiger partial charge in [-0.3, -0.25) is 0 Å². The van der Waals surface area contributed by atoms with E-state index in [-0.39, 0.29) is 0 Å². The van der Waals surface area contributed by atoms with Gasteiger partial charge in [-0.2, -0.15) is 0 Å². The Labute approximate surface area is 195 Å². The Bertz CT molecular complexity index is 1330. The molecule has 0 atom stereocenters. The number of hydrogen-bond acceptors (Lipinski definition) is 0. The van der Waals surface area contributed by atoms with Crippen LogP contribution in [-0.2, 0) is 0 Å². The van der Waals surface area contributed by atoms with Crippen LogP contribution in [0.2, 0.25) is 0 Å². The largest absolute Gasteiger partial charge is 0.238 e. The highest BCUT2D eigenvalue weighted by atomic mass is 14.7. The number of aryl methyl sites for hydroxylation is 3. The molecule has 4 rings (SSSR count). The molecule has 3 nitrogen and oxygen atoms in total. The van der Waals surface area contributed by atoms with Gasteiger partial charge in [0.05, 0.1) is 19.7 Å². The first-order valence-corrected chi connectivity index (χ1v) is 10.5. The highest BCUT2D eigenvalue weighted by Gasteiger charge is 2.15. The predicted octanol–water partition coefficient (Wildman–Crippen LogP) is 9.27. The summed E-state index contributed by atoms with van der Waals surface area (Å²) in [5.74, 6) is 0. The molecule has 4 aromatic carbocycles. The molecule has 0 amide bonds. The van der Waals surface area contributed by atoms with E-state index in [0.717, 1.165) is 50.1 Å². The molecule has 0 spiro atoms. The Morgan fingerprint density at radius 1 is 0.424 bits per heavy atom. The van der Waals surface area contributed by atoms with E-state index in [4.69, 9.17) is 19.7 Å². The van der Waals surface area contributed by atoms with Crippen molar-refractivity contribution >= 4 is 17.1 Å². The van der Waals surface area contributed by atoms with Crippen molar-refractivity contribution in [2.24, 2.45) is 0 Å². The molecule has 0 aliphatic carbocycles. The number of rotatable bonds is 3. The van der Waals surface area contributed by atoms with Gasteiger partial charge in [0, 0.05) is 0 Å². The molecule has 156 valence electrons. The second kappa shape index (κ2) is 8.84. The molecule has 0 heterocycles. The maximum atomic E-state index is 7.67. The Balaban J connectivity index is 2.09. The number of nitrogens with zero attached hydrogens (tertiary/aromatic N) is 3. The topological polar surface area (TPSA) is 13.1 Å². The first-order valence-electron chi connectivity index (χ1n) is 10.5. The maximum Gasteiger partial charge on any atom is 0.194 e. The van der Waals surface area contributed by atoms with E-state index in [9.17, 15) is 0 Å². The molecule has 0 aliphatic rings. The van der Waals surface area contributed by atoms with E-state index in [1.807, 2.05) is 93.6 Å². The minimum absolute atomic E-state index is 0.577. The Morgan fingerprint density at radius 2 is 0.697 bits per heavy atom. The molecular weight excluding hydrogens is 402 g/mol. The van der Waals surface area contributed by atoms with Crippen LogP contribution in [0.5, 0.6) is 0 Å². The third-order valence-corrected chi connectivity index (χ3v) is 5.68. The quantitative estimate of drug-likeness (QED) is 0.291. The Kier molecular flexibility index (Phi) is 5.78. The van der Waals surface area contributed by atoms with Crippen molar-refractivity contribution in [2.45, 2.75) is 20.8 Å². The van der Waals surface area contributed by atoms with Gasteiger partial charge in [-0.15, -0.1) is 0 Å². The molecule has 33 heavy (non-hydrogen) atoms. The smallest absolute Gasteiger partial charge is 0.194 e. The fourth-order valence-electron chi connectivity index (χ4n) is 4.03. The van der Waals surface area contributed by atoms with Crippen molar-refractivity contribution in [3.05, 3.63) is 124 Å². The van der Waals surface area contributed by atoms with Gasteiger partial charge >= 0.3 is 0 Å². The minimum atomic E-state index is 0.577. The van der Waals surface area contributed by atoms with Crippen LogP contribution in [-0.4, -0.2) is 0 Å². The molecule has 0 bridgehead atoms. The first kappa shape index (κ1) is 21.6. The van der Waals surface area contributed by atoms with Gasteiger partial charge in [-0.1, -0.05) is 71.3 Å². The van der Waals surface area contributed by atoms with Crippen LogP contribution in [0.3, 0.4) is 0 Å². The molecule has 4 aromatic rings. The molecular formula is C30H21N3. The average molecular weight is 424 g/mol. The first-order chi connectivity index (χ1) is 15.9. The van der Waals surface area contributed by atoms with E-state index in [1.165, 1.54) is 0 Å². The summed E-state index contributed by atoms with van der Waals surface area (Å²) in [6.45, 7) is 29.0. The molecule has 0 unspecified atom stereocenters. The Hall–Kier alpha value is -4.65. The van der Waals surface area contributed by atoms with E-state index >= 15 is 0 Å².